The zero-order valence-corrected chi connectivity index (χ0v) is 36.3. The van der Waals surface area contributed by atoms with Gasteiger partial charge in [-0.25, -0.2) is 0 Å². The zero-order valence-electron chi connectivity index (χ0n) is 36.3. The van der Waals surface area contributed by atoms with Gasteiger partial charge in [0.15, 0.2) is 0 Å². The highest BCUT2D eigenvalue weighted by Gasteiger charge is 2.20. The smallest absolute Gasteiger partial charge is 0.0468 e. The van der Waals surface area contributed by atoms with Crippen LogP contribution in [0.5, 0.6) is 0 Å². The molecule has 0 atom stereocenters. The summed E-state index contributed by atoms with van der Waals surface area (Å²) >= 11 is 0. The monoisotopic (exact) mass is 846 g/mol. The van der Waals surface area contributed by atoms with E-state index in [2.05, 4.69) is 299 Å². The van der Waals surface area contributed by atoms with Gasteiger partial charge >= 0.3 is 0 Å². The number of hydrogen-bond acceptors (Lipinski definition) is 4. The number of para-hydroxylation sites is 4. The minimum Gasteiger partial charge on any atom is -0.311 e. The van der Waals surface area contributed by atoms with Crippen LogP contribution >= 0.6 is 0 Å². The predicted octanol–water partition coefficient (Wildman–Crippen LogP) is 17.9. The molecule has 0 aliphatic carbocycles. The van der Waals surface area contributed by atoms with Crippen molar-refractivity contribution in [3.05, 3.63) is 279 Å². The molecule has 0 heterocycles. The van der Waals surface area contributed by atoms with Crippen LogP contribution in [0.25, 0.3) is 21.5 Å². The fourth-order valence-electron chi connectivity index (χ4n) is 8.98. The number of rotatable bonds is 12. The second kappa shape index (κ2) is 18.1. The van der Waals surface area contributed by atoms with E-state index in [9.17, 15) is 0 Å². The first kappa shape index (κ1) is 40.0. The van der Waals surface area contributed by atoms with Crippen molar-refractivity contribution in [1.82, 2.24) is 0 Å². The Balaban J connectivity index is 0.996. The molecule has 11 aromatic rings. The summed E-state index contributed by atoms with van der Waals surface area (Å²) in [5.74, 6) is 0. The SMILES string of the molecule is c1ccc(N(c2ccccc2)c2ccc(N(c3ccc(N(c4ccc(N(c5ccccc5)c5ccccc5)cc4)c4ccc5ccccc5c4)cc3)c3ccc4ccccc4c3)cc2)cc1. The van der Waals surface area contributed by atoms with Crippen molar-refractivity contribution in [3.8, 4) is 0 Å². The number of nitrogens with zero attached hydrogens (tertiary/aromatic N) is 4. The van der Waals surface area contributed by atoms with Crippen LogP contribution in [0.15, 0.2) is 279 Å². The van der Waals surface area contributed by atoms with Crippen LogP contribution in [0.2, 0.25) is 0 Å². The fourth-order valence-corrected chi connectivity index (χ4v) is 8.98. The van der Waals surface area contributed by atoms with E-state index in [4.69, 9.17) is 0 Å². The third-order valence-corrected chi connectivity index (χ3v) is 12.1. The fraction of sp³-hybridized carbons (Fsp3) is 0. The largest absolute Gasteiger partial charge is 0.311 e. The Morgan fingerprint density at radius 2 is 0.318 bits per heavy atom. The van der Waals surface area contributed by atoms with Crippen LogP contribution < -0.4 is 19.6 Å². The van der Waals surface area contributed by atoms with Gasteiger partial charge in [0, 0.05) is 68.2 Å². The maximum atomic E-state index is 2.35. The first-order valence-corrected chi connectivity index (χ1v) is 22.4. The number of anilines is 12. The van der Waals surface area contributed by atoms with Crippen molar-refractivity contribution in [2.24, 2.45) is 0 Å². The first-order valence-electron chi connectivity index (χ1n) is 22.4. The molecule has 0 saturated heterocycles. The maximum Gasteiger partial charge on any atom is 0.0468 e. The van der Waals surface area contributed by atoms with Crippen LogP contribution in [0.4, 0.5) is 68.2 Å². The summed E-state index contributed by atoms with van der Waals surface area (Å²) < 4.78 is 0. The Labute approximate surface area is 386 Å². The molecule has 0 aromatic heterocycles. The molecule has 0 saturated carbocycles. The lowest BCUT2D eigenvalue weighted by Crippen LogP contribution is -2.13. The molecule has 0 bridgehead atoms. The molecule has 11 aromatic carbocycles. The van der Waals surface area contributed by atoms with Crippen molar-refractivity contribution >= 4 is 89.8 Å². The highest BCUT2D eigenvalue weighted by atomic mass is 15.2. The lowest BCUT2D eigenvalue weighted by Gasteiger charge is -2.30. The standard InChI is InChI=1S/C62H46N4/c1-5-21-51(22-6-1)63(52-23-7-2-8-24-52)55-33-37-57(38-34-55)65(61-31-29-47-17-13-15-19-49(47)45-61)59-41-43-60(44-42-59)66(62-32-30-48-18-14-16-20-50(48)46-62)58-39-35-56(36-40-58)64(53-25-9-3-10-26-53)54-27-11-4-12-28-54/h1-46H. The van der Waals surface area contributed by atoms with Crippen molar-refractivity contribution in [1.29, 1.82) is 0 Å². The van der Waals surface area contributed by atoms with E-state index >= 15 is 0 Å². The lowest BCUT2D eigenvalue weighted by molar-refractivity contribution is 1.24. The predicted molar refractivity (Wildman–Crippen MR) is 280 cm³/mol. The van der Waals surface area contributed by atoms with Gasteiger partial charge in [-0.2, -0.15) is 0 Å². The van der Waals surface area contributed by atoms with Gasteiger partial charge in [-0.1, -0.05) is 133 Å². The maximum absolute atomic E-state index is 2.35. The second-order valence-corrected chi connectivity index (χ2v) is 16.3. The average molecular weight is 847 g/mol. The summed E-state index contributed by atoms with van der Waals surface area (Å²) in [5, 5.41) is 4.80. The quantitative estimate of drug-likeness (QED) is 0.121. The molecule has 0 aliphatic rings. The molecule has 11 rings (SSSR count). The molecule has 4 nitrogen and oxygen atoms in total. The summed E-state index contributed by atoms with van der Waals surface area (Å²) in [5.41, 5.74) is 13.0. The Kier molecular flexibility index (Phi) is 10.9. The molecular weight excluding hydrogens is 801 g/mol. The number of hydrogen-bond donors (Lipinski definition) is 0. The molecule has 0 fully saturated rings. The van der Waals surface area contributed by atoms with Crippen molar-refractivity contribution in [2.45, 2.75) is 0 Å². The van der Waals surface area contributed by atoms with Gasteiger partial charge < -0.3 is 19.6 Å². The third kappa shape index (κ3) is 8.11. The van der Waals surface area contributed by atoms with E-state index in [0.717, 1.165) is 68.2 Å². The second-order valence-electron chi connectivity index (χ2n) is 16.3. The van der Waals surface area contributed by atoms with Gasteiger partial charge in [0.1, 0.15) is 0 Å². The normalized spacial score (nSPS) is 11.0. The molecule has 4 heteroatoms. The molecule has 0 aliphatic heterocycles. The number of benzene rings is 11. The summed E-state index contributed by atoms with van der Waals surface area (Å²) in [6.45, 7) is 0. The number of fused-ring (bicyclic) bond motifs is 2. The van der Waals surface area contributed by atoms with E-state index in [1.807, 2.05) is 0 Å². The summed E-state index contributed by atoms with van der Waals surface area (Å²) in [6, 6.07) is 99.6. The summed E-state index contributed by atoms with van der Waals surface area (Å²) in [4.78, 5) is 9.31. The third-order valence-electron chi connectivity index (χ3n) is 12.1. The van der Waals surface area contributed by atoms with Gasteiger partial charge in [0.2, 0.25) is 0 Å². The van der Waals surface area contributed by atoms with Crippen molar-refractivity contribution in [2.75, 3.05) is 19.6 Å². The van der Waals surface area contributed by atoms with Crippen molar-refractivity contribution < 1.29 is 0 Å². The summed E-state index contributed by atoms with van der Waals surface area (Å²) in [7, 11) is 0. The molecule has 0 radical (unpaired) electrons. The van der Waals surface area contributed by atoms with E-state index in [0.29, 0.717) is 0 Å². The first-order chi connectivity index (χ1) is 32.7. The highest BCUT2D eigenvalue weighted by molar-refractivity contribution is 5.92. The van der Waals surface area contributed by atoms with E-state index < -0.39 is 0 Å². The molecule has 0 N–H and O–H groups in total. The average Bonchev–Trinajstić information content (AvgIpc) is 3.39. The van der Waals surface area contributed by atoms with Crippen LogP contribution in [-0.2, 0) is 0 Å². The Morgan fingerprint density at radius 3 is 0.576 bits per heavy atom. The Morgan fingerprint density at radius 1 is 0.136 bits per heavy atom. The summed E-state index contributed by atoms with van der Waals surface area (Å²) in [6.07, 6.45) is 0. The molecule has 314 valence electrons. The van der Waals surface area contributed by atoms with E-state index in [1.54, 1.807) is 0 Å². The van der Waals surface area contributed by atoms with Gasteiger partial charge in [0.05, 0.1) is 0 Å². The van der Waals surface area contributed by atoms with Crippen LogP contribution in [0.3, 0.4) is 0 Å². The van der Waals surface area contributed by atoms with E-state index in [-0.39, 0.29) is 0 Å². The molecule has 66 heavy (non-hydrogen) atoms. The molecule has 0 amide bonds. The zero-order chi connectivity index (χ0) is 44.1. The van der Waals surface area contributed by atoms with Crippen LogP contribution in [0, 0.1) is 0 Å². The van der Waals surface area contributed by atoms with Gasteiger partial charge in [0.25, 0.3) is 0 Å². The van der Waals surface area contributed by atoms with Crippen LogP contribution in [0.1, 0.15) is 0 Å². The Hall–Kier alpha value is -8.86. The highest BCUT2D eigenvalue weighted by Crippen LogP contribution is 2.43. The van der Waals surface area contributed by atoms with E-state index in [1.165, 1.54) is 21.5 Å². The lowest BCUT2D eigenvalue weighted by atomic mass is 10.1. The van der Waals surface area contributed by atoms with Gasteiger partial charge in [-0.15, -0.1) is 0 Å². The van der Waals surface area contributed by atoms with Gasteiger partial charge in [-0.05, 0) is 167 Å². The molecule has 0 unspecified atom stereocenters. The molecule has 0 spiro atoms. The Bertz CT molecular complexity index is 3030. The minimum atomic E-state index is 1.06. The van der Waals surface area contributed by atoms with Crippen molar-refractivity contribution in [3.63, 3.8) is 0 Å². The van der Waals surface area contributed by atoms with Gasteiger partial charge in [-0.3, -0.25) is 0 Å². The van der Waals surface area contributed by atoms with Crippen LogP contribution in [-0.4, -0.2) is 0 Å². The minimum absolute atomic E-state index is 1.06. The molecular formula is C62H46N4. The topological polar surface area (TPSA) is 13.0 Å².